The van der Waals surface area contributed by atoms with E-state index in [0.29, 0.717) is 10.0 Å². The monoisotopic (exact) mass is 356 g/mol. The number of sulfone groups is 1. The molecule has 1 heterocycles. The van der Waals surface area contributed by atoms with Crippen molar-refractivity contribution in [3.05, 3.63) is 51.1 Å². The van der Waals surface area contributed by atoms with Crippen molar-refractivity contribution in [3.8, 4) is 11.3 Å². The number of benzene rings is 1. The van der Waals surface area contributed by atoms with Crippen LogP contribution in [0.5, 0.6) is 0 Å². The minimum absolute atomic E-state index is 0.0917. The topological polar surface area (TPSA) is 90.2 Å². The van der Waals surface area contributed by atoms with Crippen molar-refractivity contribution < 1.29 is 13.3 Å². The van der Waals surface area contributed by atoms with Gasteiger partial charge in [0.2, 0.25) is 0 Å². The lowest BCUT2D eigenvalue weighted by Crippen LogP contribution is -1.99. The summed E-state index contributed by atoms with van der Waals surface area (Å²) in [7, 11) is -3.38. The summed E-state index contributed by atoms with van der Waals surface area (Å²) in [6.07, 6.45) is 2.50. The molecule has 2 aromatic rings. The minimum Gasteiger partial charge on any atom is -0.258 e. The Labute approximate surface area is 123 Å². The van der Waals surface area contributed by atoms with E-state index in [1.165, 1.54) is 30.5 Å². The number of hydrogen-bond acceptors (Lipinski definition) is 5. The summed E-state index contributed by atoms with van der Waals surface area (Å²) in [4.78, 5) is 14.6. The molecule has 0 bridgehead atoms. The highest BCUT2D eigenvalue weighted by Crippen LogP contribution is 2.31. The largest absolute Gasteiger partial charge is 0.296 e. The Morgan fingerprint density at radius 2 is 2.00 bits per heavy atom. The lowest BCUT2D eigenvalue weighted by atomic mass is 10.1. The summed E-state index contributed by atoms with van der Waals surface area (Å²) < 4.78 is 23.5. The Bertz CT molecular complexity index is 790. The van der Waals surface area contributed by atoms with Crippen molar-refractivity contribution in [2.24, 2.45) is 0 Å². The SMILES string of the molecule is CS(=O)(=O)c1cccc(-c2ncc(Br)cc2[N+](=O)[O-])c1. The van der Waals surface area contributed by atoms with E-state index in [1.54, 1.807) is 6.07 Å². The standard InChI is InChI=1S/C12H9BrN2O4S/c1-20(18,19)10-4-2-3-8(5-10)12-11(15(16)17)6-9(13)7-14-12/h2-7H,1H3. The number of pyridine rings is 1. The number of nitrogens with zero attached hydrogens (tertiary/aromatic N) is 2. The summed E-state index contributed by atoms with van der Waals surface area (Å²) in [5.74, 6) is 0. The molecule has 1 aromatic carbocycles. The second-order valence-corrected chi connectivity index (χ2v) is 7.01. The van der Waals surface area contributed by atoms with E-state index in [1.807, 2.05) is 0 Å². The maximum atomic E-state index is 11.5. The first-order valence-electron chi connectivity index (χ1n) is 5.39. The zero-order chi connectivity index (χ0) is 14.9. The van der Waals surface area contributed by atoms with E-state index >= 15 is 0 Å². The van der Waals surface area contributed by atoms with Gasteiger partial charge in [-0.05, 0) is 28.1 Å². The first kappa shape index (κ1) is 14.6. The quantitative estimate of drug-likeness (QED) is 0.622. The van der Waals surface area contributed by atoms with E-state index in [9.17, 15) is 18.5 Å². The molecule has 1 aromatic heterocycles. The predicted molar refractivity (Wildman–Crippen MR) is 77.1 cm³/mol. The van der Waals surface area contributed by atoms with Crippen molar-refractivity contribution in [1.82, 2.24) is 4.98 Å². The van der Waals surface area contributed by atoms with E-state index < -0.39 is 14.8 Å². The Morgan fingerprint density at radius 1 is 1.30 bits per heavy atom. The third kappa shape index (κ3) is 3.02. The maximum absolute atomic E-state index is 11.5. The van der Waals surface area contributed by atoms with Crippen molar-refractivity contribution in [1.29, 1.82) is 0 Å². The van der Waals surface area contributed by atoms with Crippen LogP contribution in [0, 0.1) is 10.1 Å². The van der Waals surface area contributed by atoms with Crippen LogP contribution in [0.2, 0.25) is 0 Å². The molecular formula is C12H9BrN2O4S. The molecule has 0 aliphatic carbocycles. The second-order valence-electron chi connectivity index (χ2n) is 4.08. The maximum Gasteiger partial charge on any atom is 0.296 e. The fourth-order valence-corrected chi connectivity index (χ4v) is 2.65. The fraction of sp³-hybridized carbons (Fsp3) is 0.0833. The van der Waals surface area contributed by atoms with E-state index in [4.69, 9.17) is 0 Å². The molecule has 104 valence electrons. The molecule has 6 nitrogen and oxygen atoms in total. The molecule has 0 aliphatic heterocycles. The zero-order valence-corrected chi connectivity index (χ0v) is 12.7. The third-order valence-corrected chi connectivity index (χ3v) is 4.11. The summed E-state index contributed by atoms with van der Waals surface area (Å²) >= 11 is 3.12. The molecule has 0 saturated heterocycles. The molecule has 0 unspecified atom stereocenters. The Kier molecular flexibility index (Phi) is 3.87. The smallest absolute Gasteiger partial charge is 0.258 e. The lowest BCUT2D eigenvalue weighted by molar-refractivity contribution is -0.384. The van der Waals surface area contributed by atoms with Crippen LogP contribution in [0.3, 0.4) is 0 Å². The van der Waals surface area contributed by atoms with Gasteiger partial charge in [-0.1, -0.05) is 12.1 Å². The van der Waals surface area contributed by atoms with Crippen LogP contribution in [0.1, 0.15) is 0 Å². The van der Waals surface area contributed by atoms with E-state index in [2.05, 4.69) is 20.9 Å². The third-order valence-electron chi connectivity index (χ3n) is 2.57. The predicted octanol–water partition coefficient (Wildman–Crippen LogP) is 2.82. The lowest BCUT2D eigenvalue weighted by Gasteiger charge is -2.05. The highest BCUT2D eigenvalue weighted by molar-refractivity contribution is 9.10. The van der Waals surface area contributed by atoms with Gasteiger partial charge in [-0.3, -0.25) is 10.1 Å². The normalized spacial score (nSPS) is 11.3. The molecule has 2 rings (SSSR count). The number of rotatable bonds is 3. The zero-order valence-electron chi connectivity index (χ0n) is 10.3. The van der Waals surface area contributed by atoms with Gasteiger partial charge in [0.25, 0.3) is 5.69 Å². The van der Waals surface area contributed by atoms with Crippen LogP contribution in [0.25, 0.3) is 11.3 Å². The van der Waals surface area contributed by atoms with Crippen molar-refractivity contribution in [2.45, 2.75) is 4.90 Å². The molecule has 0 amide bonds. The fourth-order valence-electron chi connectivity index (χ4n) is 1.66. The minimum atomic E-state index is -3.38. The van der Waals surface area contributed by atoms with Crippen LogP contribution in [0.15, 0.2) is 45.9 Å². The van der Waals surface area contributed by atoms with Crippen LogP contribution in [-0.4, -0.2) is 24.6 Å². The molecule has 0 saturated carbocycles. The van der Waals surface area contributed by atoms with Gasteiger partial charge in [0, 0.05) is 28.6 Å². The average Bonchev–Trinajstić information content (AvgIpc) is 2.37. The molecule has 0 N–H and O–H groups in total. The van der Waals surface area contributed by atoms with Crippen LogP contribution >= 0.6 is 15.9 Å². The molecular weight excluding hydrogens is 348 g/mol. The molecule has 0 atom stereocenters. The number of aromatic nitrogens is 1. The molecule has 0 radical (unpaired) electrons. The Balaban J connectivity index is 2.66. The Hall–Kier alpha value is -1.80. The molecule has 0 fully saturated rings. The Morgan fingerprint density at radius 3 is 2.60 bits per heavy atom. The summed E-state index contributed by atoms with van der Waals surface area (Å²) in [5.41, 5.74) is 0.320. The number of halogens is 1. The highest BCUT2D eigenvalue weighted by Gasteiger charge is 2.19. The molecule has 0 aliphatic rings. The summed E-state index contributed by atoms with van der Waals surface area (Å²) in [6.45, 7) is 0. The molecule has 0 spiro atoms. The van der Waals surface area contributed by atoms with Gasteiger partial charge in [-0.25, -0.2) is 13.4 Å². The summed E-state index contributed by atoms with van der Waals surface area (Å²) in [5, 5.41) is 11.1. The van der Waals surface area contributed by atoms with Crippen molar-refractivity contribution in [3.63, 3.8) is 0 Å². The molecule has 8 heteroatoms. The first-order valence-corrected chi connectivity index (χ1v) is 8.08. The number of nitro groups is 1. The number of hydrogen-bond donors (Lipinski definition) is 0. The van der Waals surface area contributed by atoms with Crippen LogP contribution in [0.4, 0.5) is 5.69 Å². The van der Waals surface area contributed by atoms with Crippen molar-refractivity contribution in [2.75, 3.05) is 6.26 Å². The first-order chi connectivity index (χ1) is 9.29. The van der Waals surface area contributed by atoms with Gasteiger partial charge in [-0.2, -0.15) is 0 Å². The van der Waals surface area contributed by atoms with Gasteiger partial charge in [0.1, 0.15) is 5.69 Å². The van der Waals surface area contributed by atoms with Gasteiger partial charge in [0.15, 0.2) is 9.84 Å². The highest BCUT2D eigenvalue weighted by atomic mass is 79.9. The van der Waals surface area contributed by atoms with E-state index in [0.717, 1.165) is 6.26 Å². The average molecular weight is 357 g/mol. The second kappa shape index (κ2) is 5.29. The van der Waals surface area contributed by atoms with Gasteiger partial charge in [-0.15, -0.1) is 0 Å². The van der Waals surface area contributed by atoms with Crippen LogP contribution in [-0.2, 0) is 9.84 Å². The van der Waals surface area contributed by atoms with Gasteiger partial charge < -0.3 is 0 Å². The van der Waals surface area contributed by atoms with Crippen LogP contribution < -0.4 is 0 Å². The van der Waals surface area contributed by atoms with E-state index in [-0.39, 0.29) is 16.3 Å². The van der Waals surface area contributed by atoms with Gasteiger partial charge >= 0.3 is 0 Å². The van der Waals surface area contributed by atoms with Crippen molar-refractivity contribution >= 4 is 31.5 Å². The molecule has 20 heavy (non-hydrogen) atoms. The summed E-state index contributed by atoms with van der Waals surface area (Å²) in [6, 6.07) is 7.24. The van der Waals surface area contributed by atoms with Gasteiger partial charge in [0.05, 0.1) is 9.82 Å².